The molecule has 3 N–H and O–H groups in total. The normalized spacial score (nSPS) is 10.8. The summed E-state index contributed by atoms with van der Waals surface area (Å²) in [4.78, 5) is 53.0. The Labute approximate surface area is 266 Å². The minimum atomic E-state index is -4.21. The summed E-state index contributed by atoms with van der Waals surface area (Å²) in [5.74, 6) is -1.82. The van der Waals surface area contributed by atoms with Crippen molar-refractivity contribution in [3.05, 3.63) is 125 Å². The van der Waals surface area contributed by atoms with Gasteiger partial charge in [-0.05, 0) is 73.0 Å². The summed E-state index contributed by atoms with van der Waals surface area (Å²) >= 11 is 0. The molecular formula is C33H32N4O8S. The van der Waals surface area contributed by atoms with Crippen LogP contribution in [0.4, 0.5) is 0 Å². The Morgan fingerprint density at radius 2 is 1.43 bits per heavy atom. The Morgan fingerprint density at radius 1 is 0.739 bits per heavy atom. The van der Waals surface area contributed by atoms with E-state index in [0.29, 0.717) is 30.9 Å². The van der Waals surface area contributed by atoms with Crippen LogP contribution in [0.3, 0.4) is 0 Å². The van der Waals surface area contributed by atoms with Crippen molar-refractivity contribution in [2.45, 2.75) is 24.8 Å². The molecule has 0 bridgehead atoms. The molecule has 0 fully saturated rings. The van der Waals surface area contributed by atoms with Crippen LogP contribution in [0.5, 0.6) is 5.75 Å². The van der Waals surface area contributed by atoms with Crippen LogP contribution in [0.2, 0.25) is 0 Å². The predicted molar refractivity (Wildman–Crippen MR) is 168 cm³/mol. The van der Waals surface area contributed by atoms with Crippen LogP contribution in [0.15, 0.2) is 102 Å². The lowest BCUT2D eigenvalue weighted by Gasteiger charge is -2.09. The van der Waals surface area contributed by atoms with Crippen LogP contribution in [0, 0.1) is 0 Å². The highest BCUT2D eigenvalue weighted by atomic mass is 32.2. The SMILES string of the molecule is CCOc1ccc(C(=O)NCCc2ccc(S(=O)(=O)NC(=O)c3ccc(C(=O)NCC(=O)OCc4ccccc4)nc3)cc2)cc1. The van der Waals surface area contributed by atoms with Gasteiger partial charge in [-0.3, -0.25) is 24.2 Å². The van der Waals surface area contributed by atoms with Gasteiger partial charge in [-0.15, -0.1) is 0 Å². The first kappa shape index (κ1) is 33.3. The average Bonchev–Trinajstić information content (AvgIpc) is 3.07. The zero-order chi connectivity index (χ0) is 32.9. The molecule has 0 radical (unpaired) electrons. The lowest BCUT2D eigenvalue weighted by molar-refractivity contribution is -0.143. The van der Waals surface area contributed by atoms with Gasteiger partial charge < -0.3 is 20.1 Å². The molecule has 0 saturated carbocycles. The first-order valence-electron chi connectivity index (χ1n) is 14.3. The van der Waals surface area contributed by atoms with Crippen LogP contribution < -0.4 is 20.1 Å². The van der Waals surface area contributed by atoms with Gasteiger partial charge in [0.15, 0.2) is 0 Å². The van der Waals surface area contributed by atoms with Crippen LogP contribution in [0.25, 0.3) is 0 Å². The Bertz CT molecular complexity index is 1760. The fourth-order valence-corrected chi connectivity index (χ4v) is 5.04. The molecule has 0 aliphatic carbocycles. The van der Waals surface area contributed by atoms with Gasteiger partial charge in [0.2, 0.25) is 0 Å². The molecule has 46 heavy (non-hydrogen) atoms. The van der Waals surface area contributed by atoms with Gasteiger partial charge in [0.05, 0.1) is 17.1 Å². The highest BCUT2D eigenvalue weighted by Gasteiger charge is 2.20. The molecule has 0 unspecified atom stereocenters. The molecule has 4 aromatic rings. The largest absolute Gasteiger partial charge is 0.494 e. The molecule has 3 aromatic carbocycles. The summed E-state index contributed by atoms with van der Waals surface area (Å²) in [5, 5.41) is 5.20. The number of hydrogen-bond donors (Lipinski definition) is 3. The number of aromatic nitrogens is 1. The summed E-state index contributed by atoms with van der Waals surface area (Å²) in [7, 11) is -4.21. The third-order valence-corrected chi connectivity index (χ3v) is 7.83. The number of nitrogens with one attached hydrogen (secondary N) is 3. The van der Waals surface area contributed by atoms with Crippen molar-refractivity contribution < 1.29 is 37.1 Å². The van der Waals surface area contributed by atoms with Gasteiger partial charge in [0.25, 0.3) is 27.7 Å². The number of carbonyl (C=O) groups excluding carboxylic acids is 4. The van der Waals surface area contributed by atoms with Gasteiger partial charge >= 0.3 is 5.97 Å². The Morgan fingerprint density at radius 3 is 2.09 bits per heavy atom. The summed E-state index contributed by atoms with van der Waals surface area (Å²) in [5.41, 5.74) is 1.89. The average molecular weight is 645 g/mol. The van der Waals surface area contributed by atoms with E-state index < -0.39 is 27.8 Å². The second kappa shape index (κ2) is 16.0. The summed E-state index contributed by atoms with van der Waals surface area (Å²) in [6.07, 6.45) is 1.51. The number of esters is 1. The minimum absolute atomic E-state index is 0.0659. The molecule has 4 rings (SSSR count). The van der Waals surface area contributed by atoms with E-state index in [1.165, 1.54) is 24.3 Å². The third kappa shape index (κ3) is 9.72. The van der Waals surface area contributed by atoms with E-state index in [1.54, 1.807) is 48.5 Å². The van der Waals surface area contributed by atoms with E-state index in [9.17, 15) is 27.6 Å². The van der Waals surface area contributed by atoms with Crippen LogP contribution in [0.1, 0.15) is 49.3 Å². The number of sulfonamides is 1. The van der Waals surface area contributed by atoms with Gasteiger partial charge in [0, 0.05) is 18.3 Å². The predicted octanol–water partition coefficient (Wildman–Crippen LogP) is 3.04. The smallest absolute Gasteiger partial charge is 0.325 e. The number of ether oxygens (including phenoxy) is 2. The maximum Gasteiger partial charge on any atom is 0.325 e. The molecule has 13 heteroatoms. The van der Waals surface area contributed by atoms with Crippen molar-refractivity contribution in [3.63, 3.8) is 0 Å². The van der Waals surface area contributed by atoms with Gasteiger partial charge in [-0.25, -0.2) is 13.1 Å². The van der Waals surface area contributed by atoms with Gasteiger partial charge in [0.1, 0.15) is 24.6 Å². The second-order valence-electron chi connectivity index (χ2n) is 9.80. The minimum Gasteiger partial charge on any atom is -0.494 e. The first-order valence-corrected chi connectivity index (χ1v) is 15.7. The number of nitrogens with zero attached hydrogens (tertiary/aromatic N) is 1. The Kier molecular flexibility index (Phi) is 11.6. The van der Waals surface area contributed by atoms with E-state index in [-0.39, 0.29) is 35.2 Å². The molecule has 0 saturated heterocycles. The quantitative estimate of drug-likeness (QED) is 0.175. The molecule has 1 heterocycles. The zero-order valence-electron chi connectivity index (χ0n) is 24.9. The summed E-state index contributed by atoms with van der Waals surface area (Å²) in [6.45, 7) is 2.42. The van der Waals surface area contributed by atoms with Crippen molar-refractivity contribution in [2.24, 2.45) is 0 Å². The number of benzene rings is 3. The Hall–Kier alpha value is -5.56. The zero-order valence-corrected chi connectivity index (χ0v) is 25.7. The van der Waals surface area contributed by atoms with Crippen molar-refractivity contribution in [1.29, 1.82) is 0 Å². The Balaban J connectivity index is 1.22. The number of carbonyl (C=O) groups is 4. The maximum absolute atomic E-state index is 12.8. The molecular weight excluding hydrogens is 612 g/mol. The van der Waals surface area contributed by atoms with E-state index in [2.05, 4.69) is 15.6 Å². The van der Waals surface area contributed by atoms with Crippen LogP contribution in [-0.4, -0.2) is 56.8 Å². The standard InChI is InChI=1S/C33H32N4O8S/c1-2-44-27-13-10-25(11-14-27)31(39)34-19-18-23-8-15-28(16-9-23)46(42,43)37-32(40)26-12-17-29(35-20-26)33(41)36-21-30(38)45-22-24-6-4-3-5-7-24/h3-17,20H,2,18-19,21-22H2,1H3,(H,34,39)(H,36,41)(H,37,40). The number of amides is 3. The maximum atomic E-state index is 12.8. The van der Waals surface area contributed by atoms with E-state index in [1.807, 2.05) is 29.8 Å². The third-order valence-electron chi connectivity index (χ3n) is 6.48. The fraction of sp³-hybridized carbons (Fsp3) is 0.182. The summed E-state index contributed by atoms with van der Waals surface area (Å²) in [6, 6.07) is 24.2. The van der Waals surface area contributed by atoms with Crippen LogP contribution >= 0.6 is 0 Å². The summed E-state index contributed by atoms with van der Waals surface area (Å²) < 4.78 is 38.0. The number of hydrogen-bond acceptors (Lipinski definition) is 9. The molecule has 3 amide bonds. The molecule has 0 atom stereocenters. The van der Waals surface area contributed by atoms with E-state index in [0.717, 1.165) is 17.3 Å². The lowest BCUT2D eigenvalue weighted by Crippen LogP contribution is -2.32. The van der Waals surface area contributed by atoms with Crippen molar-refractivity contribution in [1.82, 2.24) is 20.3 Å². The molecule has 0 aliphatic heterocycles. The number of rotatable bonds is 14. The molecule has 238 valence electrons. The highest BCUT2D eigenvalue weighted by molar-refractivity contribution is 7.90. The van der Waals surface area contributed by atoms with E-state index >= 15 is 0 Å². The molecule has 1 aromatic heterocycles. The van der Waals surface area contributed by atoms with Gasteiger partial charge in [-0.1, -0.05) is 42.5 Å². The topological polar surface area (TPSA) is 170 Å². The molecule has 12 nitrogen and oxygen atoms in total. The van der Waals surface area contributed by atoms with Gasteiger partial charge in [-0.2, -0.15) is 0 Å². The second-order valence-corrected chi connectivity index (χ2v) is 11.5. The number of pyridine rings is 1. The first-order chi connectivity index (χ1) is 22.1. The highest BCUT2D eigenvalue weighted by Crippen LogP contribution is 2.14. The molecule has 0 spiro atoms. The van der Waals surface area contributed by atoms with Crippen molar-refractivity contribution >= 4 is 33.7 Å². The van der Waals surface area contributed by atoms with Crippen molar-refractivity contribution in [3.8, 4) is 5.75 Å². The monoisotopic (exact) mass is 644 g/mol. The fourth-order valence-electron chi connectivity index (χ4n) is 4.06. The molecule has 0 aliphatic rings. The lowest BCUT2D eigenvalue weighted by atomic mass is 10.1. The van der Waals surface area contributed by atoms with E-state index in [4.69, 9.17) is 9.47 Å². The van der Waals surface area contributed by atoms with Crippen molar-refractivity contribution in [2.75, 3.05) is 19.7 Å². The van der Waals surface area contributed by atoms with Crippen LogP contribution in [-0.2, 0) is 32.6 Å².